The number of benzene rings is 1. The Balaban J connectivity index is 0.00000106. The monoisotopic (exact) mass is 224 g/mol. The van der Waals surface area contributed by atoms with Crippen molar-refractivity contribution in [2.75, 3.05) is 7.11 Å². The van der Waals surface area contributed by atoms with E-state index in [4.69, 9.17) is 0 Å². The second-order valence-electron chi connectivity index (χ2n) is 3.15. The van der Waals surface area contributed by atoms with Gasteiger partial charge in [0.15, 0.2) is 0 Å². The lowest BCUT2D eigenvalue weighted by molar-refractivity contribution is -0.142. The summed E-state index contributed by atoms with van der Waals surface area (Å²) in [7, 11) is 1.31. The maximum absolute atomic E-state index is 10.9. The van der Waals surface area contributed by atoms with Gasteiger partial charge in [-0.05, 0) is 18.1 Å². The molecule has 0 aliphatic rings. The number of methoxy groups -OCH3 is 1. The summed E-state index contributed by atoms with van der Waals surface area (Å²) >= 11 is 0. The average Bonchev–Trinajstić information content (AvgIpc) is 2.32. The number of aryl methyl sites for hydroxylation is 1. The summed E-state index contributed by atoms with van der Waals surface area (Å²) in [6.45, 7) is 5.90. The third-order valence-corrected chi connectivity index (χ3v) is 2.14. The molecular weight excluding hydrogens is 204 g/mol. The van der Waals surface area contributed by atoms with Gasteiger partial charge in [0.05, 0.1) is 19.6 Å². The molecule has 90 valence electrons. The molecule has 0 saturated carbocycles. The maximum atomic E-state index is 10.9. The van der Waals surface area contributed by atoms with E-state index in [-0.39, 0.29) is 6.42 Å². The second-order valence-corrected chi connectivity index (χ2v) is 3.15. The van der Waals surface area contributed by atoms with Crippen LogP contribution in [0.25, 0.3) is 0 Å². The highest BCUT2D eigenvalue weighted by atomic mass is 16.5. The van der Waals surface area contributed by atoms with Crippen LogP contribution in [0.5, 0.6) is 0 Å². The van der Waals surface area contributed by atoms with Crippen molar-refractivity contribution in [2.24, 2.45) is 0 Å². The van der Waals surface area contributed by atoms with Gasteiger partial charge >= 0.3 is 5.97 Å². The molecule has 0 spiro atoms. The molecule has 1 aromatic rings. The zero-order valence-corrected chi connectivity index (χ0v) is 10.4. The van der Waals surface area contributed by atoms with Gasteiger partial charge in [-0.15, -0.1) is 0 Å². The van der Waals surface area contributed by atoms with Crippen LogP contribution in [0.15, 0.2) is 24.3 Å². The summed E-state index contributed by atoms with van der Waals surface area (Å²) in [5.41, 5.74) is 1.75. The third-order valence-electron chi connectivity index (χ3n) is 2.14. The lowest BCUT2D eigenvalue weighted by atomic mass is 10.0. The lowest BCUT2D eigenvalue weighted by Crippen LogP contribution is -2.08. The van der Waals surface area contributed by atoms with Crippen molar-refractivity contribution in [1.82, 2.24) is 0 Å². The predicted octanol–water partition coefficient (Wildman–Crippen LogP) is 2.62. The molecule has 16 heavy (non-hydrogen) atoms. The van der Waals surface area contributed by atoms with Crippen LogP contribution in [0, 0.1) is 6.92 Å². The molecule has 0 aliphatic carbocycles. The zero-order chi connectivity index (χ0) is 12.6. The third kappa shape index (κ3) is 4.45. The molecule has 1 rings (SSSR count). The molecular formula is C13H20O3. The van der Waals surface area contributed by atoms with Crippen molar-refractivity contribution in [2.45, 2.75) is 33.3 Å². The highest BCUT2D eigenvalue weighted by Crippen LogP contribution is 2.20. The first-order chi connectivity index (χ1) is 7.65. The van der Waals surface area contributed by atoms with Gasteiger partial charge < -0.3 is 9.84 Å². The van der Waals surface area contributed by atoms with Gasteiger partial charge in [-0.25, -0.2) is 0 Å². The van der Waals surface area contributed by atoms with Gasteiger partial charge in [0, 0.05) is 0 Å². The van der Waals surface area contributed by atoms with Crippen molar-refractivity contribution in [1.29, 1.82) is 0 Å². The first-order valence-corrected chi connectivity index (χ1v) is 5.45. The number of hydrogen-bond acceptors (Lipinski definition) is 3. The zero-order valence-electron chi connectivity index (χ0n) is 10.4. The average molecular weight is 224 g/mol. The first kappa shape index (κ1) is 14.6. The fourth-order valence-corrected chi connectivity index (χ4v) is 1.31. The summed E-state index contributed by atoms with van der Waals surface area (Å²) in [6, 6.07) is 7.44. The van der Waals surface area contributed by atoms with Gasteiger partial charge in [0.25, 0.3) is 0 Å². The van der Waals surface area contributed by atoms with Crippen LogP contribution in [0.4, 0.5) is 0 Å². The molecule has 0 heterocycles. The van der Waals surface area contributed by atoms with Crippen LogP contribution in [0.1, 0.15) is 37.5 Å². The molecule has 0 fully saturated rings. The highest BCUT2D eigenvalue weighted by molar-refractivity contribution is 5.70. The van der Waals surface area contributed by atoms with Gasteiger partial charge in [-0.2, -0.15) is 0 Å². The highest BCUT2D eigenvalue weighted by Gasteiger charge is 2.14. The van der Waals surface area contributed by atoms with Crippen molar-refractivity contribution >= 4 is 5.97 Å². The smallest absolute Gasteiger partial charge is 0.308 e. The molecule has 1 unspecified atom stereocenters. The molecule has 0 aliphatic heterocycles. The number of hydrogen-bond donors (Lipinski definition) is 1. The SMILES string of the molecule is CC.COC(=O)CC(O)c1ccccc1C. The molecule has 1 aromatic carbocycles. The molecule has 0 amide bonds. The van der Waals surface area contributed by atoms with E-state index in [0.717, 1.165) is 11.1 Å². The van der Waals surface area contributed by atoms with Gasteiger partial charge in [-0.3, -0.25) is 4.79 Å². The Hall–Kier alpha value is -1.35. The number of carbonyl (C=O) groups is 1. The Kier molecular flexibility index (Phi) is 7.21. The van der Waals surface area contributed by atoms with Crippen LogP contribution in [0.2, 0.25) is 0 Å². The Morgan fingerprint density at radius 1 is 1.38 bits per heavy atom. The van der Waals surface area contributed by atoms with E-state index in [1.165, 1.54) is 7.11 Å². The Morgan fingerprint density at radius 3 is 2.44 bits per heavy atom. The molecule has 3 nitrogen and oxygen atoms in total. The molecule has 0 bridgehead atoms. The van der Waals surface area contributed by atoms with Gasteiger partial charge in [-0.1, -0.05) is 38.1 Å². The molecule has 3 heteroatoms. The van der Waals surface area contributed by atoms with Crippen LogP contribution < -0.4 is 0 Å². The van der Waals surface area contributed by atoms with Gasteiger partial charge in [0.2, 0.25) is 0 Å². The summed E-state index contributed by atoms with van der Waals surface area (Å²) in [5.74, 6) is -0.402. The van der Waals surface area contributed by atoms with E-state index < -0.39 is 12.1 Å². The lowest BCUT2D eigenvalue weighted by Gasteiger charge is -2.11. The maximum Gasteiger partial charge on any atom is 0.308 e. The molecule has 1 N–H and O–H groups in total. The summed E-state index contributed by atoms with van der Waals surface area (Å²) in [4.78, 5) is 10.9. The van der Waals surface area contributed by atoms with Crippen LogP contribution >= 0.6 is 0 Å². The molecule has 1 atom stereocenters. The van der Waals surface area contributed by atoms with E-state index in [9.17, 15) is 9.90 Å². The first-order valence-electron chi connectivity index (χ1n) is 5.45. The number of esters is 1. The van der Waals surface area contributed by atoms with E-state index >= 15 is 0 Å². The number of carbonyl (C=O) groups excluding carboxylic acids is 1. The molecule has 0 radical (unpaired) electrons. The van der Waals surface area contributed by atoms with Crippen LogP contribution in [-0.2, 0) is 9.53 Å². The van der Waals surface area contributed by atoms with Crippen molar-refractivity contribution in [3.05, 3.63) is 35.4 Å². The topological polar surface area (TPSA) is 46.5 Å². The fourth-order valence-electron chi connectivity index (χ4n) is 1.31. The predicted molar refractivity (Wildman–Crippen MR) is 64.1 cm³/mol. The van der Waals surface area contributed by atoms with E-state index in [1.807, 2.05) is 45.0 Å². The van der Waals surface area contributed by atoms with Crippen LogP contribution in [0.3, 0.4) is 0 Å². The van der Waals surface area contributed by atoms with Crippen molar-refractivity contribution < 1.29 is 14.6 Å². The normalized spacial score (nSPS) is 11.1. The fraction of sp³-hybridized carbons (Fsp3) is 0.462. The summed E-state index contributed by atoms with van der Waals surface area (Å²) in [6.07, 6.45) is -0.773. The van der Waals surface area contributed by atoms with E-state index in [1.54, 1.807) is 0 Å². The Bertz CT molecular complexity index is 321. The van der Waals surface area contributed by atoms with Crippen molar-refractivity contribution in [3.8, 4) is 0 Å². The molecule has 0 aromatic heterocycles. The summed E-state index contributed by atoms with van der Waals surface area (Å²) < 4.78 is 4.48. The van der Waals surface area contributed by atoms with E-state index in [0.29, 0.717) is 0 Å². The Morgan fingerprint density at radius 2 is 1.94 bits per heavy atom. The van der Waals surface area contributed by atoms with Crippen LogP contribution in [-0.4, -0.2) is 18.2 Å². The number of aliphatic hydroxyl groups excluding tert-OH is 1. The second kappa shape index (κ2) is 7.88. The summed E-state index contributed by atoms with van der Waals surface area (Å²) in [5, 5.41) is 9.70. The minimum atomic E-state index is -0.774. The number of rotatable bonds is 3. The minimum absolute atomic E-state index is 0.00134. The quantitative estimate of drug-likeness (QED) is 0.803. The number of aliphatic hydroxyl groups is 1. The minimum Gasteiger partial charge on any atom is -0.469 e. The van der Waals surface area contributed by atoms with E-state index in [2.05, 4.69) is 4.74 Å². The van der Waals surface area contributed by atoms with Gasteiger partial charge in [0.1, 0.15) is 0 Å². The van der Waals surface area contributed by atoms with Crippen molar-refractivity contribution in [3.63, 3.8) is 0 Å². The molecule has 0 saturated heterocycles. The standard InChI is InChI=1S/C11H14O3.C2H6/c1-8-5-3-4-6-9(8)10(12)7-11(13)14-2;1-2/h3-6,10,12H,7H2,1-2H3;1-2H3. The Labute approximate surface area is 97.1 Å². The number of ether oxygens (including phenoxy) is 1. The largest absolute Gasteiger partial charge is 0.469 e.